The molecule has 0 saturated carbocycles. The molecule has 0 fully saturated rings. The third-order valence-corrected chi connectivity index (χ3v) is 8.17. The van der Waals surface area contributed by atoms with E-state index in [2.05, 4.69) is 27.8 Å². The fraction of sp³-hybridized carbons (Fsp3) is 0.250. The number of thiazole rings is 1. The topological polar surface area (TPSA) is 56.4 Å². The van der Waals surface area contributed by atoms with Gasteiger partial charge in [0.05, 0.1) is 4.53 Å². The average molecular weight is 539 g/mol. The molecule has 0 radical (unpaired) electrons. The molecule has 36 heavy (non-hydrogen) atoms. The van der Waals surface area contributed by atoms with Crippen LogP contribution in [0.25, 0.3) is 21.9 Å². The highest BCUT2D eigenvalue weighted by Crippen LogP contribution is 2.30. The number of fused-ring (bicyclic) bond motifs is 2. The predicted octanol–water partition coefficient (Wildman–Crippen LogP) is 6.02. The van der Waals surface area contributed by atoms with E-state index in [1.165, 1.54) is 15.7 Å². The van der Waals surface area contributed by atoms with E-state index in [1.807, 2.05) is 52.8 Å². The van der Waals surface area contributed by atoms with Gasteiger partial charge in [0.15, 0.2) is 0 Å². The first-order valence-electron chi connectivity index (χ1n) is 11.7. The Morgan fingerprint density at radius 3 is 2.47 bits per heavy atom. The van der Waals surface area contributed by atoms with Crippen molar-refractivity contribution in [3.05, 3.63) is 105 Å². The Hall–Kier alpha value is -2.93. The Morgan fingerprint density at radius 2 is 1.78 bits per heavy atom. The minimum absolute atomic E-state index is 0.0171. The van der Waals surface area contributed by atoms with Crippen molar-refractivity contribution < 1.29 is 0 Å². The van der Waals surface area contributed by atoms with Crippen LogP contribution >= 0.6 is 34.5 Å². The molecule has 8 heteroatoms. The van der Waals surface area contributed by atoms with Crippen LogP contribution in [0, 0.1) is 20.8 Å². The van der Waals surface area contributed by atoms with Crippen molar-refractivity contribution >= 4 is 56.5 Å². The Morgan fingerprint density at radius 1 is 1.03 bits per heavy atom. The van der Waals surface area contributed by atoms with Gasteiger partial charge in [-0.25, -0.2) is 9.38 Å². The maximum atomic E-state index is 13.4. The number of aromatic nitrogens is 3. The van der Waals surface area contributed by atoms with Gasteiger partial charge in [-0.2, -0.15) is 0 Å². The van der Waals surface area contributed by atoms with Crippen molar-refractivity contribution in [1.82, 2.24) is 14.0 Å². The van der Waals surface area contributed by atoms with Crippen molar-refractivity contribution in [2.75, 3.05) is 0 Å². The molecule has 0 unspecified atom stereocenters. The zero-order valence-electron chi connectivity index (χ0n) is 20.6. The minimum atomic E-state index is -0.330. The smallest absolute Gasteiger partial charge is 0.277 e. The van der Waals surface area contributed by atoms with Crippen molar-refractivity contribution in [3.63, 3.8) is 0 Å². The average Bonchev–Trinajstić information content (AvgIpc) is 3.24. The van der Waals surface area contributed by atoms with Crippen molar-refractivity contribution in [2.45, 2.75) is 47.1 Å². The summed E-state index contributed by atoms with van der Waals surface area (Å²) < 4.78 is 3.89. The van der Waals surface area contributed by atoms with Gasteiger partial charge in [-0.15, -0.1) is 0 Å². The van der Waals surface area contributed by atoms with Crippen LogP contribution < -0.4 is 15.7 Å². The quantitative estimate of drug-likeness (QED) is 0.281. The van der Waals surface area contributed by atoms with Gasteiger partial charge in [0.2, 0.25) is 4.96 Å². The summed E-state index contributed by atoms with van der Waals surface area (Å²) in [4.78, 5) is 31.6. The van der Waals surface area contributed by atoms with Gasteiger partial charge in [-0.1, -0.05) is 66.1 Å². The van der Waals surface area contributed by atoms with Gasteiger partial charge >= 0.3 is 0 Å². The first-order valence-corrected chi connectivity index (χ1v) is 13.2. The first-order chi connectivity index (χ1) is 17.1. The molecule has 5 nitrogen and oxygen atoms in total. The summed E-state index contributed by atoms with van der Waals surface area (Å²) in [5, 5.41) is 2.23. The standard InChI is InChI=1S/C28H25Cl2N3O2S/c1-14(2)25-16(4)31-28-33(27(25)35)26(34)24(36-28)12-20-17(5)32(23-9-6-15(3)10-21(20)23)13-18-7-8-19(29)11-22(18)30/h6-12,14H,13H2,1-5H3/b24-12-. The normalized spacial score (nSPS) is 12.5. The molecular weight excluding hydrogens is 513 g/mol. The molecule has 3 aromatic heterocycles. The number of benzene rings is 2. The number of aryl methyl sites for hydroxylation is 2. The number of hydrogen-bond donors (Lipinski definition) is 0. The molecule has 5 rings (SSSR count). The minimum Gasteiger partial charge on any atom is -0.340 e. The molecule has 0 aliphatic carbocycles. The van der Waals surface area contributed by atoms with Crippen LogP contribution in [0.1, 0.15) is 53.4 Å². The van der Waals surface area contributed by atoms with Crippen LogP contribution in [0.2, 0.25) is 10.0 Å². The zero-order valence-corrected chi connectivity index (χ0v) is 23.0. The summed E-state index contributed by atoms with van der Waals surface area (Å²) in [6.07, 6.45) is 1.89. The molecule has 0 saturated heterocycles. The number of hydrogen-bond acceptors (Lipinski definition) is 4. The highest BCUT2D eigenvalue weighted by atomic mass is 35.5. The van der Waals surface area contributed by atoms with E-state index in [-0.39, 0.29) is 17.0 Å². The lowest BCUT2D eigenvalue weighted by molar-refractivity contribution is 0.803. The van der Waals surface area contributed by atoms with E-state index in [1.54, 1.807) is 6.07 Å². The molecule has 0 spiro atoms. The Labute approximate surface area is 222 Å². The van der Waals surface area contributed by atoms with Crippen LogP contribution in [-0.2, 0) is 6.54 Å². The second kappa shape index (κ2) is 9.18. The maximum absolute atomic E-state index is 13.4. The van der Waals surface area contributed by atoms with Gasteiger partial charge in [-0.3, -0.25) is 9.59 Å². The van der Waals surface area contributed by atoms with Crippen molar-refractivity contribution in [1.29, 1.82) is 0 Å². The number of rotatable bonds is 4. The molecule has 0 atom stereocenters. The Kier molecular flexibility index (Phi) is 6.31. The Balaban J connectivity index is 1.77. The van der Waals surface area contributed by atoms with E-state index in [0.717, 1.165) is 33.3 Å². The highest BCUT2D eigenvalue weighted by molar-refractivity contribution is 7.15. The number of nitrogens with zero attached hydrogens (tertiary/aromatic N) is 3. The highest BCUT2D eigenvalue weighted by Gasteiger charge is 2.18. The Bertz CT molecular complexity index is 1850. The fourth-order valence-electron chi connectivity index (χ4n) is 4.83. The van der Waals surface area contributed by atoms with Crippen LogP contribution in [-0.4, -0.2) is 14.0 Å². The fourth-order valence-corrected chi connectivity index (χ4v) is 6.29. The molecule has 0 bridgehead atoms. The van der Waals surface area contributed by atoms with E-state index in [0.29, 0.717) is 37.3 Å². The summed E-state index contributed by atoms with van der Waals surface area (Å²) in [7, 11) is 0. The van der Waals surface area contributed by atoms with Crippen LogP contribution in [0.3, 0.4) is 0 Å². The first kappa shape index (κ1) is 24.8. The lowest BCUT2D eigenvalue weighted by Crippen LogP contribution is -2.33. The summed E-state index contributed by atoms with van der Waals surface area (Å²) in [5.74, 6) is -0.0171. The largest absolute Gasteiger partial charge is 0.340 e. The molecule has 0 N–H and O–H groups in total. The van der Waals surface area contributed by atoms with Crippen molar-refractivity contribution in [3.8, 4) is 0 Å². The van der Waals surface area contributed by atoms with E-state index >= 15 is 0 Å². The third kappa shape index (κ3) is 4.07. The zero-order chi connectivity index (χ0) is 25.9. The lowest BCUT2D eigenvalue weighted by atomic mass is 10.0. The monoisotopic (exact) mass is 537 g/mol. The molecule has 0 amide bonds. The molecule has 3 heterocycles. The third-order valence-electron chi connectivity index (χ3n) is 6.62. The van der Waals surface area contributed by atoms with Gasteiger partial charge in [0.25, 0.3) is 11.1 Å². The molecular formula is C28H25Cl2N3O2S. The predicted molar refractivity (Wildman–Crippen MR) is 150 cm³/mol. The van der Waals surface area contributed by atoms with Crippen molar-refractivity contribution in [2.24, 2.45) is 0 Å². The second-order valence-electron chi connectivity index (χ2n) is 9.45. The number of halogens is 2. The SMILES string of the molecule is Cc1ccc2c(c1)c(/C=c1\sc3nc(C)c(C(C)C)c(=O)n3c1=O)c(C)n2Cc1ccc(Cl)cc1Cl. The maximum Gasteiger partial charge on any atom is 0.277 e. The van der Waals surface area contributed by atoms with Gasteiger partial charge in [0.1, 0.15) is 0 Å². The molecule has 5 aromatic rings. The summed E-state index contributed by atoms with van der Waals surface area (Å²) >= 11 is 13.8. The van der Waals surface area contributed by atoms with Gasteiger partial charge < -0.3 is 4.57 Å². The molecule has 0 aliphatic rings. The summed E-state index contributed by atoms with van der Waals surface area (Å²) in [6, 6.07) is 11.8. The van der Waals surface area contributed by atoms with Crippen LogP contribution in [0.15, 0.2) is 46.0 Å². The molecule has 2 aromatic carbocycles. The van der Waals surface area contributed by atoms with E-state index in [4.69, 9.17) is 23.2 Å². The van der Waals surface area contributed by atoms with E-state index in [9.17, 15) is 9.59 Å². The molecule has 0 aliphatic heterocycles. The lowest BCUT2D eigenvalue weighted by Gasteiger charge is -2.11. The van der Waals surface area contributed by atoms with E-state index < -0.39 is 0 Å². The van der Waals surface area contributed by atoms with Gasteiger partial charge in [0, 0.05) is 50.0 Å². The molecule has 184 valence electrons. The summed E-state index contributed by atoms with van der Waals surface area (Å²) in [6.45, 7) is 10.3. The van der Waals surface area contributed by atoms with Gasteiger partial charge in [-0.05, 0) is 62.6 Å². The van der Waals surface area contributed by atoms with Crippen LogP contribution in [0.5, 0.6) is 0 Å². The van der Waals surface area contributed by atoms with Crippen LogP contribution in [0.4, 0.5) is 0 Å². The second-order valence-corrected chi connectivity index (χ2v) is 11.3. The summed E-state index contributed by atoms with van der Waals surface area (Å²) in [5.41, 5.74) is 5.69.